The molecule has 2 aromatic carbocycles. The molecule has 2 N–H and O–H groups in total. The predicted molar refractivity (Wildman–Crippen MR) is 177 cm³/mol. The normalized spacial score (nSPS) is 19.3. The fourth-order valence-electron chi connectivity index (χ4n) is 5.71. The molecule has 12 heteroatoms. The Labute approximate surface area is 265 Å². The molecular weight excluding hydrogens is 601 g/mol. The Morgan fingerprint density at radius 2 is 1.11 bits per heavy atom. The summed E-state index contributed by atoms with van der Waals surface area (Å²) in [6.45, 7) is 12.5. The van der Waals surface area contributed by atoms with Crippen LogP contribution in [0.4, 0.5) is 0 Å². The van der Waals surface area contributed by atoms with Gasteiger partial charge >= 0.3 is 0 Å². The van der Waals surface area contributed by atoms with Crippen molar-refractivity contribution in [2.45, 2.75) is 65.7 Å². The minimum Gasteiger partial charge on any atom is -0.497 e. The maximum Gasteiger partial charge on any atom is 0.215 e. The first kappa shape index (κ1) is 36.3. The van der Waals surface area contributed by atoms with Gasteiger partial charge in [-0.15, -0.1) is 0 Å². The largest absolute Gasteiger partial charge is 0.497 e. The van der Waals surface area contributed by atoms with Gasteiger partial charge in [-0.05, 0) is 73.2 Å². The van der Waals surface area contributed by atoms with Crippen molar-refractivity contribution in [2.75, 3.05) is 51.9 Å². The fraction of sp³-hybridized carbons (Fsp3) is 0.625. The van der Waals surface area contributed by atoms with E-state index in [4.69, 9.17) is 14.6 Å². The molecule has 2 unspecified atom stereocenters. The summed E-state index contributed by atoms with van der Waals surface area (Å²) in [6, 6.07) is 16.2. The first-order valence-electron chi connectivity index (χ1n) is 15.4. The van der Waals surface area contributed by atoms with Crippen LogP contribution < -0.4 is 14.6 Å². The van der Waals surface area contributed by atoms with Crippen molar-refractivity contribution in [3.05, 3.63) is 59.7 Å². The number of nitrogens with zero attached hydrogens (tertiary/aromatic N) is 3. The monoisotopic (exact) mass is 652 g/mol. The Kier molecular flexibility index (Phi) is 13.5. The molecule has 44 heavy (non-hydrogen) atoms. The van der Waals surface area contributed by atoms with Gasteiger partial charge in [0.2, 0.25) is 20.0 Å². The van der Waals surface area contributed by atoms with Crippen LogP contribution in [0.25, 0.3) is 0 Å². The van der Waals surface area contributed by atoms with Gasteiger partial charge in [0.05, 0.1) is 25.7 Å². The van der Waals surface area contributed by atoms with Gasteiger partial charge in [-0.2, -0.15) is 4.31 Å². The van der Waals surface area contributed by atoms with Crippen LogP contribution in [0.15, 0.2) is 48.5 Å². The third-order valence-electron chi connectivity index (χ3n) is 8.63. The van der Waals surface area contributed by atoms with E-state index in [2.05, 4.69) is 37.5 Å². The molecule has 2 fully saturated rings. The molecule has 0 amide bonds. The summed E-state index contributed by atoms with van der Waals surface area (Å²) in [4.78, 5) is 4.48. The molecule has 0 aliphatic carbocycles. The van der Waals surface area contributed by atoms with Crippen molar-refractivity contribution in [1.82, 2.24) is 14.1 Å². The average Bonchev–Trinajstić information content (AvgIpc) is 2.91. The van der Waals surface area contributed by atoms with Gasteiger partial charge < -0.3 is 9.47 Å². The van der Waals surface area contributed by atoms with E-state index in [0.717, 1.165) is 42.1 Å². The zero-order chi connectivity index (χ0) is 32.5. The Hall–Kier alpha value is -2.22. The Balaban J connectivity index is 0.000000340. The zero-order valence-corrected chi connectivity index (χ0v) is 28.8. The van der Waals surface area contributed by atoms with E-state index < -0.39 is 20.0 Å². The van der Waals surface area contributed by atoms with Crippen LogP contribution >= 0.6 is 0 Å². The summed E-state index contributed by atoms with van der Waals surface area (Å²) in [6.07, 6.45) is 2.33. The number of likely N-dealkylation sites (tertiary alicyclic amines) is 2. The van der Waals surface area contributed by atoms with Crippen molar-refractivity contribution < 1.29 is 26.3 Å². The van der Waals surface area contributed by atoms with Crippen molar-refractivity contribution in [3.8, 4) is 11.5 Å². The number of hydrogen-bond acceptors (Lipinski definition) is 8. The van der Waals surface area contributed by atoms with Crippen LogP contribution in [0, 0.1) is 11.8 Å². The third kappa shape index (κ3) is 11.0. The summed E-state index contributed by atoms with van der Waals surface area (Å²) in [5.74, 6) is 2.87. The molecule has 0 saturated carbocycles. The topological polar surface area (TPSA) is 122 Å². The van der Waals surface area contributed by atoms with Gasteiger partial charge in [-0.1, -0.05) is 52.0 Å². The van der Waals surface area contributed by atoms with E-state index in [0.29, 0.717) is 50.1 Å². The van der Waals surface area contributed by atoms with E-state index in [9.17, 15) is 16.8 Å². The van der Waals surface area contributed by atoms with Crippen LogP contribution in [0.1, 0.15) is 51.7 Å². The van der Waals surface area contributed by atoms with E-state index in [1.54, 1.807) is 18.5 Å². The van der Waals surface area contributed by atoms with Gasteiger partial charge in [0.1, 0.15) is 11.5 Å². The molecule has 10 nitrogen and oxygen atoms in total. The lowest BCUT2D eigenvalue weighted by atomic mass is 9.92. The number of primary sulfonamides is 1. The lowest BCUT2D eigenvalue weighted by molar-refractivity contribution is 0.0628. The van der Waals surface area contributed by atoms with Gasteiger partial charge in [0.15, 0.2) is 0 Å². The van der Waals surface area contributed by atoms with E-state index in [1.807, 2.05) is 48.5 Å². The van der Waals surface area contributed by atoms with Crippen molar-refractivity contribution in [3.63, 3.8) is 0 Å². The fourth-order valence-corrected chi connectivity index (χ4v) is 7.62. The number of nitrogens with two attached hydrogens (primary N) is 1. The second-order valence-corrected chi connectivity index (χ2v) is 16.2. The number of ether oxygens (including phenoxy) is 2. The highest BCUT2D eigenvalue weighted by Crippen LogP contribution is 2.26. The molecule has 248 valence electrons. The second-order valence-electron chi connectivity index (χ2n) is 12.4. The molecule has 0 aromatic heterocycles. The molecule has 4 rings (SSSR count). The summed E-state index contributed by atoms with van der Waals surface area (Å²) in [5, 5.41) is 4.93. The maximum atomic E-state index is 13.4. The van der Waals surface area contributed by atoms with Crippen LogP contribution in [0.2, 0.25) is 0 Å². The highest BCUT2D eigenvalue weighted by molar-refractivity contribution is 7.89. The number of hydrogen-bond donors (Lipinski definition) is 1. The molecule has 2 aromatic rings. The molecule has 2 heterocycles. The highest BCUT2D eigenvalue weighted by Gasteiger charge is 2.33. The lowest BCUT2D eigenvalue weighted by Crippen LogP contribution is -2.52. The molecule has 0 spiro atoms. The molecule has 0 bridgehead atoms. The van der Waals surface area contributed by atoms with E-state index in [1.165, 1.54) is 6.42 Å². The van der Waals surface area contributed by atoms with Crippen LogP contribution in [-0.2, 0) is 33.1 Å². The smallest absolute Gasteiger partial charge is 0.215 e. The van der Waals surface area contributed by atoms with Gasteiger partial charge in [0, 0.05) is 38.3 Å². The van der Waals surface area contributed by atoms with Crippen molar-refractivity contribution >= 4 is 20.0 Å². The average molecular weight is 653 g/mol. The van der Waals surface area contributed by atoms with Gasteiger partial charge in [-0.3, -0.25) is 9.80 Å². The van der Waals surface area contributed by atoms with Crippen LogP contribution in [-0.4, -0.2) is 94.9 Å². The van der Waals surface area contributed by atoms with E-state index in [-0.39, 0.29) is 11.5 Å². The number of rotatable bonds is 15. The summed E-state index contributed by atoms with van der Waals surface area (Å²) >= 11 is 0. The molecule has 2 aliphatic heterocycles. The van der Waals surface area contributed by atoms with E-state index >= 15 is 0 Å². The quantitative estimate of drug-likeness (QED) is 0.309. The molecule has 0 radical (unpaired) electrons. The zero-order valence-electron chi connectivity index (χ0n) is 27.2. The Morgan fingerprint density at radius 3 is 1.41 bits per heavy atom. The Morgan fingerprint density at radius 1 is 0.727 bits per heavy atom. The molecular formula is C32H52N4O6S2. The van der Waals surface area contributed by atoms with Gasteiger partial charge in [-0.25, -0.2) is 22.0 Å². The first-order valence-corrected chi connectivity index (χ1v) is 18.8. The van der Waals surface area contributed by atoms with Gasteiger partial charge in [0.25, 0.3) is 0 Å². The molecule has 2 atom stereocenters. The maximum absolute atomic E-state index is 13.4. The minimum atomic E-state index is -3.44. The molecule has 2 saturated heterocycles. The van der Waals surface area contributed by atoms with Crippen molar-refractivity contribution in [2.24, 2.45) is 17.0 Å². The molecule has 2 aliphatic rings. The van der Waals surface area contributed by atoms with Crippen LogP contribution in [0.5, 0.6) is 11.5 Å². The second kappa shape index (κ2) is 16.4. The SMILES string of the molecule is CC(C)C1CCN1CCS(N)(=O)=O.COc1ccc(CN(Cc2ccc(OC)cc2)S(=O)(=O)CCN2CCC2C(C)C)cc1. The minimum absolute atomic E-state index is 0.0796. The summed E-state index contributed by atoms with van der Waals surface area (Å²) in [7, 11) is -3.49. The Bertz CT molecular complexity index is 1320. The van der Waals surface area contributed by atoms with Crippen LogP contribution in [0.3, 0.4) is 0 Å². The highest BCUT2D eigenvalue weighted by atomic mass is 32.2. The number of sulfonamides is 2. The third-order valence-corrected chi connectivity index (χ3v) is 11.1. The summed E-state index contributed by atoms with van der Waals surface area (Å²) < 4.78 is 60.1. The number of benzene rings is 2. The number of methoxy groups -OCH3 is 2. The predicted octanol–water partition coefficient (Wildman–Crippen LogP) is 3.77. The van der Waals surface area contributed by atoms with Crippen molar-refractivity contribution in [1.29, 1.82) is 0 Å². The first-order chi connectivity index (χ1) is 20.7. The summed E-state index contributed by atoms with van der Waals surface area (Å²) in [5.41, 5.74) is 1.86. The lowest BCUT2D eigenvalue weighted by Gasteiger charge is -2.43. The standard InChI is InChI=1S/C24H34N2O4S.C8H18N2O2S/c1-19(2)24-13-14-25(24)15-16-31(27,28)26(17-20-5-9-22(29-3)10-6-20)18-21-7-11-23(30-4)12-8-21;1-7(2)8-3-4-10(8)5-6-13(9,11)12/h5-12,19,24H,13-18H2,1-4H3;7-8H,3-6H2,1-2H3,(H2,9,11,12).